The number of ether oxygens (including phenoxy) is 1. The van der Waals surface area contributed by atoms with Crippen LogP contribution in [0.5, 0.6) is 0 Å². The number of hydrogen-bond donors (Lipinski definition) is 1. The molecule has 0 aliphatic carbocycles. The molecule has 0 spiro atoms. The van der Waals surface area contributed by atoms with E-state index in [1.54, 1.807) is 4.90 Å². The molecule has 116 valence electrons. The van der Waals surface area contributed by atoms with Crippen LogP contribution < -0.4 is 5.32 Å². The van der Waals surface area contributed by atoms with Crippen molar-refractivity contribution in [1.29, 1.82) is 0 Å². The lowest BCUT2D eigenvalue weighted by molar-refractivity contribution is 0.0221. The summed E-state index contributed by atoms with van der Waals surface area (Å²) >= 11 is 0. The molecule has 2 aromatic rings. The first-order valence-corrected chi connectivity index (χ1v) is 7.45. The quantitative estimate of drug-likeness (QED) is 0.945. The molecule has 1 aliphatic rings. The Hall–Kier alpha value is -2.34. The Morgan fingerprint density at radius 3 is 2.95 bits per heavy atom. The first-order chi connectivity index (χ1) is 10.7. The Bertz CT molecular complexity index is 626. The van der Waals surface area contributed by atoms with Gasteiger partial charge < -0.3 is 9.64 Å². The van der Waals surface area contributed by atoms with E-state index in [-0.39, 0.29) is 12.1 Å². The van der Waals surface area contributed by atoms with Gasteiger partial charge in [-0.3, -0.25) is 10.00 Å². The fraction of sp³-hybridized carbons (Fsp3) is 0.375. The van der Waals surface area contributed by atoms with Crippen LogP contribution in [0, 0.1) is 0 Å². The number of carbonyl (C=O) groups excluding carboxylic acids is 1. The molecule has 6 nitrogen and oxygen atoms in total. The molecule has 1 aromatic heterocycles. The second kappa shape index (κ2) is 6.62. The van der Waals surface area contributed by atoms with Crippen molar-refractivity contribution >= 4 is 11.8 Å². The first-order valence-electron chi connectivity index (χ1n) is 7.45. The number of rotatable bonds is 3. The predicted octanol–water partition coefficient (Wildman–Crippen LogP) is 2.18. The van der Waals surface area contributed by atoms with E-state index in [0.29, 0.717) is 32.1 Å². The van der Waals surface area contributed by atoms with Gasteiger partial charge in [0.25, 0.3) is 0 Å². The van der Waals surface area contributed by atoms with E-state index < -0.39 is 0 Å². The molecule has 22 heavy (non-hydrogen) atoms. The van der Waals surface area contributed by atoms with E-state index in [9.17, 15) is 4.79 Å². The van der Waals surface area contributed by atoms with Crippen molar-refractivity contribution in [3.05, 3.63) is 48.2 Å². The third-order valence-corrected chi connectivity index (χ3v) is 3.69. The number of nitrogens with zero attached hydrogens (tertiary/aromatic N) is 3. The van der Waals surface area contributed by atoms with Crippen LogP contribution in [0.15, 0.2) is 42.6 Å². The molecule has 1 fully saturated rings. The van der Waals surface area contributed by atoms with Crippen LogP contribution in [0.2, 0.25) is 0 Å². The summed E-state index contributed by atoms with van der Waals surface area (Å²) in [6, 6.07) is 11.9. The third kappa shape index (κ3) is 3.46. The summed E-state index contributed by atoms with van der Waals surface area (Å²) in [6.45, 7) is 4.44. The van der Waals surface area contributed by atoms with Crippen LogP contribution in [0.3, 0.4) is 0 Å². The van der Waals surface area contributed by atoms with Crippen molar-refractivity contribution in [2.45, 2.75) is 19.5 Å². The lowest BCUT2D eigenvalue weighted by Crippen LogP contribution is -2.48. The average molecular weight is 300 g/mol. The number of anilines is 1. The van der Waals surface area contributed by atoms with Gasteiger partial charge in [0.05, 0.1) is 25.8 Å². The van der Waals surface area contributed by atoms with Gasteiger partial charge in [0.2, 0.25) is 0 Å². The van der Waals surface area contributed by atoms with Crippen molar-refractivity contribution in [3.63, 3.8) is 0 Å². The van der Waals surface area contributed by atoms with Gasteiger partial charge in [-0.1, -0.05) is 30.3 Å². The Balaban J connectivity index is 1.60. The molecule has 0 saturated carbocycles. The second-order valence-electron chi connectivity index (χ2n) is 5.43. The molecule has 3 rings (SSSR count). The number of benzene rings is 1. The van der Waals surface area contributed by atoms with Crippen molar-refractivity contribution in [3.8, 4) is 0 Å². The molecule has 0 bridgehead atoms. The van der Waals surface area contributed by atoms with Gasteiger partial charge >= 0.3 is 6.03 Å². The van der Waals surface area contributed by atoms with Crippen LogP contribution in [0.4, 0.5) is 10.6 Å². The number of amides is 2. The number of carbonyl (C=O) groups is 1. The summed E-state index contributed by atoms with van der Waals surface area (Å²) in [5.74, 6) is 0.569. The minimum Gasteiger partial charge on any atom is -0.377 e. The molecule has 2 amide bonds. The van der Waals surface area contributed by atoms with Crippen molar-refractivity contribution in [1.82, 2.24) is 14.7 Å². The van der Waals surface area contributed by atoms with Gasteiger partial charge in [-0.25, -0.2) is 4.79 Å². The third-order valence-electron chi connectivity index (χ3n) is 3.69. The van der Waals surface area contributed by atoms with E-state index in [1.165, 1.54) is 5.56 Å². The van der Waals surface area contributed by atoms with Crippen molar-refractivity contribution in [2.24, 2.45) is 0 Å². The Labute approximate surface area is 129 Å². The molecule has 1 N–H and O–H groups in total. The predicted molar refractivity (Wildman–Crippen MR) is 83.8 cm³/mol. The number of urea groups is 1. The van der Waals surface area contributed by atoms with E-state index in [2.05, 4.69) is 22.5 Å². The first kappa shape index (κ1) is 14.6. The van der Waals surface area contributed by atoms with Crippen LogP contribution >= 0.6 is 0 Å². The maximum Gasteiger partial charge on any atom is 0.323 e. The minimum absolute atomic E-state index is 0.0835. The highest BCUT2D eigenvalue weighted by Gasteiger charge is 2.24. The van der Waals surface area contributed by atoms with Gasteiger partial charge in [-0.05, 0) is 12.5 Å². The smallest absolute Gasteiger partial charge is 0.323 e. The van der Waals surface area contributed by atoms with E-state index in [1.807, 2.05) is 42.1 Å². The van der Waals surface area contributed by atoms with Gasteiger partial charge in [-0.2, -0.15) is 5.10 Å². The summed E-state index contributed by atoms with van der Waals surface area (Å²) in [5.41, 5.74) is 1.17. The summed E-state index contributed by atoms with van der Waals surface area (Å²) in [6.07, 6.45) is 1.87. The maximum atomic E-state index is 12.3. The standard InChI is InChI=1S/C16H20N4O2/c1-13-12-22-10-9-20(13)16(21)17-15-7-8-19(18-15)11-14-5-3-2-4-6-14/h2-8,13H,9-12H2,1H3,(H,17,18,21)/t13-/m0/s1. The highest BCUT2D eigenvalue weighted by molar-refractivity contribution is 5.88. The van der Waals surface area contributed by atoms with Crippen LogP contribution in [0.25, 0.3) is 0 Å². The van der Waals surface area contributed by atoms with E-state index in [4.69, 9.17) is 4.74 Å². The minimum atomic E-state index is -0.124. The van der Waals surface area contributed by atoms with Crippen LogP contribution in [-0.4, -0.2) is 46.5 Å². The number of morpholine rings is 1. The Morgan fingerprint density at radius 2 is 2.18 bits per heavy atom. The molecule has 0 radical (unpaired) electrons. The molecule has 6 heteroatoms. The van der Waals surface area contributed by atoms with Crippen molar-refractivity contribution in [2.75, 3.05) is 25.1 Å². The fourth-order valence-corrected chi connectivity index (χ4v) is 2.50. The van der Waals surface area contributed by atoms with Gasteiger partial charge in [0.1, 0.15) is 0 Å². The number of nitrogens with one attached hydrogen (secondary N) is 1. The molecule has 1 saturated heterocycles. The zero-order valence-corrected chi connectivity index (χ0v) is 12.6. The molecular weight excluding hydrogens is 280 g/mol. The Morgan fingerprint density at radius 1 is 1.36 bits per heavy atom. The molecular formula is C16H20N4O2. The SMILES string of the molecule is C[C@H]1COCCN1C(=O)Nc1ccn(Cc2ccccc2)n1. The summed E-state index contributed by atoms with van der Waals surface area (Å²) in [7, 11) is 0. The second-order valence-corrected chi connectivity index (χ2v) is 5.43. The molecule has 1 aliphatic heterocycles. The monoisotopic (exact) mass is 300 g/mol. The Kier molecular flexibility index (Phi) is 4.39. The normalized spacial score (nSPS) is 18.2. The molecule has 0 unspecified atom stereocenters. The van der Waals surface area contributed by atoms with E-state index >= 15 is 0 Å². The van der Waals surface area contributed by atoms with E-state index in [0.717, 1.165) is 0 Å². The maximum absolute atomic E-state index is 12.3. The van der Waals surface area contributed by atoms with Crippen LogP contribution in [-0.2, 0) is 11.3 Å². The average Bonchev–Trinajstić information content (AvgIpc) is 2.95. The van der Waals surface area contributed by atoms with Crippen molar-refractivity contribution < 1.29 is 9.53 Å². The van der Waals surface area contributed by atoms with Gasteiger partial charge in [0, 0.05) is 18.8 Å². The van der Waals surface area contributed by atoms with Crippen LogP contribution in [0.1, 0.15) is 12.5 Å². The zero-order chi connectivity index (χ0) is 15.4. The lowest BCUT2D eigenvalue weighted by atomic mass is 10.2. The summed E-state index contributed by atoms with van der Waals surface area (Å²) < 4.78 is 7.15. The largest absolute Gasteiger partial charge is 0.377 e. The summed E-state index contributed by atoms with van der Waals surface area (Å²) in [5, 5.41) is 7.24. The van der Waals surface area contributed by atoms with Gasteiger partial charge in [0.15, 0.2) is 5.82 Å². The number of aromatic nitrogens is 2. The highest BCUT2D eigenvalue weighted by atomic mass is 16.5. The fourth-order valence-electron chi connectivity index (χ4n) is 2.50. The topological polar surface area (TPSA) is 59.4 Å². The number of hydrogen-bond acceptors (Lipinski definition) is 3. The highest BCUT2D eigenvalue weighted by Crippen LogP contribution is 2.11. The zero-order valence-electron chi connectivity index (χ0n) is 12.6. The van der Waals surface area contributed by atoms with Gasteiger partial charge in [-0.15, -0.1) is 0 Å². The summed E-state index contributed by atoms with van der Waals surface area (Å²) in [4.78, 5) is 14.0. The molecule has 1 atom stereocenters. The molecule has 1 aromatic carbocycles. The molecule has 2 heterocycles. The lowest BCUT2D eigenvalue weighted by Gasteiger charge is -2.32.